The van der Waals surface area contributed by atoms with Crippen molar-refractivity contribution in [1.82, 2.24) is 0 Å². The van der Waals surface area contributed by atoms with Gasteiger partial charge in [-0.1, -0.05) is 13.8 Å². The van der Waals surface area contributed by atoms with E-state index in [9.17, 15) is 0 Å². The Hall–Kier alpha value is 1.21. The van der Waals surface area contributed by atoms with Gasteiger partial charge in [0.2, 0.25) is 0 Å². The Bertz CT molecular complexity index is 33.6. The summed E-state index contributed by atoms with van der Waals surface area (Å²) in [5, 5.41) is 0. The average Bonchev–Trinajstić information content (AvgIpc) is 1.35. The molecule has 0 aromatic carbocycles. The molecule has 0 unspecified atom stereocenters. The summed E-state index contributed by atoms with van der Waals surface area (Å²) in [5.74, 6) is 0.905. The quantitative estimate of drug-likeness (QED) is 0.595. The van der Waals surface area contributed by atoms with Crippen molar-refractivity contribution in [3.8, 4) is 0 Å². The fourth-order valence-electron chi connectivity index (χ4n) is 0.408. The first kappa shape index (κ1) is 16.1. The zero-order chi connectivity index (χ0) is 4.99. The van der Waals surface area contributed by atoms with Crippen LogP contribution in [0.5, 0.6) is 0 Å². The molecule has 0 aliphatic rings. The molecule has 0 amide bonds. The molecule has 0 fully saturated rings. The summed E-state index contributed by atoms with van der Waals surface area (Å²) in [7, 11) is 0. The highest BCUT2D eigenvalue weighted by atomic mass is 79.9. The van der Waals surface area contributed by atoms with Gasteiger partial charge in [0.15, 0.2) is 0 Å². The van der Waals surface area contributed by atoms with Gasteiger partial charge in [-0.25, -0.2) is 0 Å². The molecule has 3 heteroatoms. The second-order valence-electron chi connectivity index (χ2n) is 2.04. The fourth-order valence-corrected chi connectivity index (χ4v) is 1.22. The Labute approximate surface area is 74.7 Å². The van der Waals surface area contributed by atoms with Crippen molar-refractivity contribution in [2.24, 2.45) is 5.92 Å². The highest BCUT2D eigenvalue weighted by Crippen LogP contribution is 1.99. The monoisotopic (exact) mass is 193 g/mol. The van der Waals surface area contributed by atoms with Crippen LogP contribution in [0.25, 0.3) is 0 Å². The van der Waals surface area contributed by atoms with E-state index in [4.69, 9.17) is 0 Å². The Morgan fingerprint density at radius 2 is 1.75 bits per heavy atom. The molecule has 0 spiro atoms. The van der Waals surface area contributed by atoms with Crippen LogP contribution < -0.4 is 0 Å². The maximum Gasteiger partial charge on any atom is 1.41 e. The third-order valence-corrected chi connectivity index (χ3v) is 1.19. The van der Waals surface area contributed by atoms with E-state index in [1.807, 2.05) is 0 Å². The van der Waals surface area contributed by atoms with Crippen molar-refractivity contribution in [2.75, 3.05) is 0 Å². The SMILES string of the molecule is Br.CC(C)C[CH2][Mg+2].O. The highest BCUT2D eigenvalue weighted by molar-refractivity contribution is 8.93. The molecule has 0 aliphatic carbocycles. The summed E-state index contributed by atoms with van der Waals surface area (Å²) in [6, 6.07) is 0. The lowest BCUT2D eigenvalue weighted by molar-refractivity contribution is 0.626. The van der Waals surface area contributed by atoms with Crippen LogP contribution in [0, 0.1) is 5.92 Å². The first-order valence-electron chi connectivity index (χ1n) is 2.56. The van der Waals surface area contributed by atoms with Gasteiger partial charge in [0.25, 0.3) is 4.55 Å². The maximum absolute atomic E-state index is 2.26. The van der Waals surface area contributed by atoms with Crippen LogP contribution in [0.4, 0.5) is 0 Å². The van der Waals surface area contributed by atoms with Gasteiger partial charge in [0, 0.05) is 6.42 Å². The predicted molar refractivity (Wildman–Crippen MR) is 44.0 cm³/mol. The molecular weight excluding hydrogens is 180 g/mol. The van der Waals surface area contributed by atoms with Gasteiger partial charge >= 0.3 is 21.7 Å². The molecule has 47 valence electrons. The minimum atomic E-state index is 0. The molecule has 0 saturated heterocycles. The zero-order valence-corrected chi connectivity index (χ0v) is 8.73. The summed E-state index contributed by atoms with van der Waals surface area (Å²) in [6.07, 6.45) is 1.39. The van der Waals surface area contributed by atoms with E-state index in [0.29, 0.717) is 0 Å². The van der Waals surface area contributed by atoms with Gasteiger partial charge in [-0.15, -0.1) is 17.0 Å². The molecule has 0 aliphatic heterocycles. The Morgan fingerprint density at radius 3 is 1.75 bits per heavy atom. The Morgan fingerprint density at radius 1 is 1.38 bits per heavy atom. The fraction of sp³-hybridized carbons (Fsp3) is 1.00. The summed E-state index contributed by atoms with van der Waals surface area (Å²) < 4.78 is 1.36. The molecule has 0 rings (SSSR count). The first-order chi connectivity index (χ1) is 2.77. The van der Waals surface area contributed by atoms with E-state index >= 15 is 0 Å². The lowest BCUT2D eigenvalue weighted by Gasteiger charge is -1.88. The number of hydrogen-bond donors (Lipinski definition) is 0. The lowest BCUT2D eigenvalue weighted by atomic mass is 10.2. The smallest absolute Gasteiger partial charge is 0.412 e. The molecule has 0 atom stereocenters. The molecule has 0 aromatic rings. The van der Waals surface area contributed by atoms with Crippen LogP contribution in [0.3, 0.4) is 0 Å². The molecule has 0 aromatic heterocycles. The second-order valence-corrected chi connectivity index (χ2v) is 2.74. The number of hydrogen-bond acceptors (Lipinski definition) is 0. The van der Waals surface area contributed by atoms with E-state index < -0.39 is 0 Å². The number of rotatable bonds is 2. The lowest BCUT2D eigenvalue weighted by Crippen LogP contribution is -1.83. The third kappa shape index (κ3) is 15.7. The van der Waals surface area contributed by atoms with Gasteiger partial charge in [0.1, 0.15) is 0 Å². The van der Waals surface area contributed by atoms with Crippen LogP contribution in [0.15, 0.2) is 0 Å². The van der Waals surface area contributed by atoms with Gasteiger partial charge in [-0.3, -0.25) is 0 Å². The average molecular weight is 194 g/mol. The number of halogens is 1. The molecule has 8 heavy (non-hydrogen) atoms. The largest absolute Gasteiger partial charge is 1.41 e. The molecule has 0 saturated carbocycles. The normalized spacial score (nSPS) is 7.50. The summed E-state index contributed by atoms with van der Waals surface area (Å²) >= 11 is 2.06. The first-order valence-corrected chi connectivity index (χ1v) is 3.56. The summed E-state index contributed by atoms with van der Waals surface area (Å²) in [4.78, 5) is 0. The molecule has 2 N–H and O–H groups in total. The van der Waals surface area contributed by atoms with Gasteiger partial charge < -0.3 is 5.48 Å². The van der Waals surface area contributed by atoms with Crippen LogP contribution in [-0.4, -0.2) is 27.2 Å². The van der Waals surface area contributed by atoms with Crippen molar-refractivity contribution < 1.29 is 5.48 Å². The van der Waals surface area contributed by atoms with E-state index in [2.05, 4.69) is 35.6 Å². The van der Waals surface area contributed by atoms with E-state index in [1.54, 1.807) is 0 Å². The Balaban J connectivity index is -0.000000125. The maximum atomic E-state index is 2.26. The van der Waals surface area contributed by atoms with Crippen molar-refractivity contribution in [3.05, 3.63) is 0 Å². The van der Waals surface area contributed by atoms with Crippen LogP contribution in [0.2, 0.25) is 4.55 Å². The van der Waals surface area contributed by atoms with Gasteiger partial charge in [-0.05, 0) is 5.92 Å². The van der Waals surface area contributed by atoms with E-state index in [0.717, 1.165) is 5.92 Å². The van der Waals surface area contributed by atoms with Crippen LogP contribution in [0.1, 0.15) is 20.3 Å². The topological polar surface area (TPSA) is 31.5 Å². The molecule has 0 heterocycles. The van der Waals surface area contributed by atoms with E-state index in [1.165, 1.54) is 11.0 Å². The minimum Gasteiger partial charge on any atom is -0.412 e. The Kier molecular flexibility index (Phi) is 22.3. The van der Waals surface area contributed by atoms with E-state index in [-0.39, 0.29) is 22.5 Å². The molecular formula is C5H14BrMgO+2. The van der Waals surface area contributed by atoms with Crippen molar-refractivity contribution in [2.45, 2.75) is 24.8 Å². The zero-order valence-electron chi connectivity index (χ0n) is 5.61. The van der Waals surface area contributed by atoms with Gasteiger partial charge in [-0.2, -0.15) is 0 Å². The summed E-state index contributed by atoms with van der Waals surface area (Å²) in [5.41, 5.74) is 0. The predicted octanol–water partition coefficient (Wildman–Crippen LogP) is 1.37. The minimum absolute atomic E-state index is 0. The van der Waals surface area contributed by atoms with Crippen molar-refractivity contribution >= 4 is 38.7 Å². The standard InChI is InChI=1S/C5H11.BrH.Mg.H2O/c1-4-5(2)3;;;/h5H,1,4H2,2-3H3;1H;;1H2/q;;+2;. The van der Waals surface area contributed by atoms with Crippen molar-refractivity contribution in [3.63, 3.8) is 0 Å². The summed E-state index contributed by atoms with van der Waals surface area (Å²) in [6.45, 7) is 4.52. The van der Waals surface area contributed by atoms with Crippen LogP contribution in [-0.2, 0) is 0 Å². The highest BCUT2D eigenvalue weighted by Gasteiger charge is 2.21. The molecule has 0 bridgehead atoms. The molecule has 1 nitrogen and oxygen atoms in total. The van der Waals surface area contributed by atoms with Gasteiger partial charge in [0.05, 0.1) is 0 Å². The third-order valence-electron chi connectivity index (χ3n) is 0.781. The second kappa shape index (κ2) is 11.1. The van der Waals surface area contributed by atoms with Crippen molar-refractivity contribution in [1.29, 1.82) is 0 Å². The van der Waals surface area contributed by atoms with Crippen LogP contribution >= 0.6 is 17.0 Å². The molecule has 7 radical (unpaired) electrons.